The van der Waals surface area contributed by atoms with Crippen molar-refractivity contribution in [3.63, 3.8) is 0 Å². The molecule has 4 rings (SSSR count). The second kappa shape index (κ2) is 9.23. The summed E-state index contributed by atoms with van der Waals surface area (Å²) in [6.45, 7) is 2.05. The minimum absolute atomic E-state index is 0.141. The summed E-state index contributed by atoms with van der Waals surface area (Å²) in [6.07, 6.45) is 1.80. The number of hydrogen-bond acceptors (Lipinski definition) is 7. The van der Waals surface area contributed by atoms with Crippen molar-refractivity contribution in [2.24, 2.45) is 0 Å². The first-order valence-corrected chi connectivity index (χ1v) is 10.4. The lowest BCUT2D eigenvalue weighted by Crippen LogP contribution is -2.23. The molecule has 2 heterocycles. The number of ether oxygens (including phenoxy) is 2. The van der Waals surface area contributed by atoms with E-state index in [-0.39, 0.29) is 18.3 Å². The van der Waals surface area contributed by atoms with Crippen molar-refractivity contribution in [2.45, 2.75) is 13.5 Å². The molecule has 0 fully saturated rings. The Morgan fingerprint density at radius 2 is 1.94 bits per heavy atom. The van der Waals surface area contributed by atoms with Crippen molar-refractivity contribution in [3.05, 3.63) is 70.3 Å². The van der Waals surface area contributed by atoms with E-state index in [1.54, 1.807) is 43.3 Å². The van der Waals surface area contributed by atoms with Gasteiger partial charge in [-0.15, -0.1) is 0 Å². The summed E-state index contributed by atoms with van der Waals surface area (Å²) in [4.78, 5) is 16.8. The fourth-order valence-corrected chi connectivity index (χ4v) is 3.37. The molecule has 9 nitrogen and oxygen atoms in total. The van der Waals surface area contributed by atoms with Gasteiger partial charge in [0.25, 0.3) is 0 Å². The molecule has 4 aromatic rings. The topological polar surface area (TPSA) is 104 Å². The minimum atomic E-state index is -0.494. The Kier molecular flexibility index (Phi) is 6.22. The zero-order chi connectivity index (χ0) is 22.7. The third kappa shape index (κ3) is 4.50. The SMILES string of the molecule is COc1ccc(OC)c(CNC(=O)c2nc(-c3cn(-c4ccc(Br)cc4)nc3C)no2)c1. The Morgan fingerprint density at radius 1 is 1.16 bits per heavy atom. The molecule has 0 saturated heterocycles. The van der Waals surface area contributed by atoms with Crippen LogP contribution in [-0.4, -0.2) is 40.0 Å². The maximum Gasteiger partial charge on any atom is 0.316 e. The molecule has 10 heteroatoms. The lowest BCUT2D eigenvalue weighted by molar-refractivity contribution is 0.0906. The summed E-state index contributed by atoms with van der Waals surface area (Å²) in [5.41, 5.74) is 3.02. The fourth-order valence-electron chi connectivity index (χ4n) is 3.10. The lowest BCUT2D eigenvalue weighted by Gasteiger charge is -2.10. The number of aryl methyl sites for hydroxylation is 1. The molecule has 0 radical (unpaired) electrons. The molecule has 0 unspecified atom stereocenters. The standard InChI is InChI=1S/C22H20BrN5O4/c1-13-18(12-28(26-13)16-6-4-15(23)5-7-16)20-25-22(32-27-20)21(29)24-11-14-10-17(30-2)8-9-19(14)31-3/h4-10,12H,11H2,1-3H3,(H,24,29). The van der Waals surface area contributed by atoms with Crippen LogP contribution in [0.3, 0.4) is 0 Å². The Balaban J connectivity index is 1.49. The van der Waals surface area contributed by atoms with E-state index in [1.807, 2.05) is 31.2 Å². The van der Waals surface area contributed by atoms with E-state index in [2.05, 4.69) is 36.5 Å². The Bertz CT molecular complexity index is 1250. The molecule has 2 aromatic carbocycles. The van der Waals surface area contributed by atoms with E-state index in [9.17, 15) is 4.79 Å². The van der Waals surface area contributed by atoms with E-state index in [4.69, 9.17) is 14.0 Å². The summed E-state index contributed by atoms with van der Waals surface area (Å²) in [5.74, 6) is 0.945. The average Bonchev–Trinajstić information content (AvgIpc) is 3.44. The van der Waals surface area contributed by atoms with Gasteiger partial charge in [0.2, 0.25) is 5.82 Å². The van der Waals surface area contributed by atoms with E-state index in [0.29, 0.717) is 22.8 Å². The zero-order valence-electron chi connectivity index (χ0n) is 17.6. The van der Waals surface area contributed by atoms with Crippen molar-refractivity contribution < 1.29 is 18.8 Å². The Morgan fingerprint density at radius 3 is 2.66 bits per heavy atom. The highest BCUT2D eigenvalue weighted by Gasteiger charge is 2.19. The Labute approximate surface area is 192 Å². The number of nitrogens with one attached hydrogen (secondary N) is 1. The molecule has 32 heavy (non-hydrogen) atoms. The largest absolute Gasteiger partial charge is 0.497 e. The molecule has 0 atom stereocenters. The number of rotatable bonds is 7. The van der Waals surface area contributed by atoms with Crippen molar-refractivity contribution in [1.29, 1.82) is 0 Å². The van der Waals surface area contributed by atoms with Crippen LogP contribution in [0.5, 0.6) is 11.5 Å². The molecule has 164 valence electrons. The van der Waals surface area contributed by atoms with Crippen LogP contribution in [-0.2, 0) is 6.54 Å². The maximum absolute atomic E-state index is 12.6. The summed E-state index contributed by atoms with van der Waals surface area (Å²) in [5, 5.41) is 11.2. The first-order valence-electron chi connectivity index (χ1n) is 9.64. The van der Waals surface area contributed by atoms with E-state index < -0.39 is 5.91 Å². The number of carbonyl (C=O) groups is 1. The quantitative estimate of drug-likeness (QED) is 0.412. The monoisotopic (exact) mass is 497 g/mol. The highest BCUT2D eigenvalue weighted by Crippen LogP contribution is 2.24. The summed E-state index contributed by atoms with van der Waals surface area (Å²) in [6, 6.07) is 13.1. The van der Waals surface area contributed by atoms with Crippen molar-refractivity contribution in [2.75, 3.05) is 14.2 Å². The highest BCUT2D eigenvalue weighted by molar-refractivity contribution is 9.10. The third-order valence-electron chi connectivity index (χ3n) is 4.78. The molecule has 1 amide bonds. The second-order valence-corrected chi connectivity index (χ2v) is 7.75. The van der Waals surface area contributed by atoms with Crippen LogP contribution in [0.1, 0.15) is 21.9 Å². The van der Waals surface area contributed by atoms with Gasteiger partial charge >= 0.3 is 11.8 Å². The summed E-state index contributed by atoms with van der Waals surface area (Å²) in [7, 11) is 3.14. The summed E-state index contributed by atoms with van der Waals surface area (Å²) >= 11 is 3.42. The van der Waals surface area contributed by atoms with Crippen LogP contribution in [0.25, 0.3) is 17.1 Å². The molecule has 0 spiro atoms. The van der Waals surface area contributed by atoms with E-state index >= 15 is 0 Å². The summed E-state index contributed by atoms with van der Waals surface area (Å²) < 4.78 is 18.4. The molecular formula is C22H20BrN5O4. The van der Waals surface area contributed by atoms with Gasteiger partial charge in [-0.3, -0.25) is 4.79 Å². The highest BCUT2D eigenvalue weighted by atomic mass is 79.9. The predicted octanol–water partition coefficient (Wildman–Crippen LogP) is 3.94. The first kappa shape index (κ1) is 21.6. The van der Waals surface area contributed by atoms with E-state index in [1.165, 1.54) is 0 Å². The van der Waals surface area contributed by atoms with Crippen LogP contribution >= 0.6 is 15.9 Å². The molecular weight excluding hydrogens is 478 g/mol. The minimum Gasteiger partial charge on any atom is -0.497 e. The van der Waals surface area contributed by atoms with Gasteiger partial charge in [0, 0.05) is 22.8 Å². The van der Waals surface area contributed by atoms with Gasteiger partial charge in [0.1, 0.15) is 11.5 Å². The number of aromatic nitrogens is 4. The van der Waals surface area contributed by atoms with E-state index in [0.717, 1.165) is 15.7 Å². The van der Waals surface area contributed by atoms with Gasteiger partial charge in [-0.25, -0.2) is 4.68 Å². The zero-order valence-corrected chi connectivity index (χ0v) is 19.2. The molecule has 0 bridgehead atoms. The molecule has 1 N–H and O–H groups in total. The number of carbonyl (C=O) groups excluding carboxylic acids is 1. The van der Waals surface area contributed by atoms with Crippen LogP contribution < -0.4 is 14.8 Å². The fraction of sp³-hybridized carbons (Fsp3) is 0.182. The number of hydrogen-bond donors (Lipinski definition) is 1. The normalized spacial score (nSPS) is 10.8. The van der Waals surface area contributed by atoms with Gasteiger partial charge in [-0.2, -0.15) is 10.1 Å². The van der Waals surface area contributed by atoms with Crippen molar-refractivity contribution in [3.8, 4) is 28.6 Å². The number of methoxy groups -OCH3 is 2. The first-order chi connectivity index (χ1) is 15.5. The van der Waals surface area contributed by atoms with Gasteiger partial charge in [0.05, 0.1) is 31.2 Å². The average molecular weight is 498 g/mol. The van der Waals surface area contributed by atoms with Gasteiger partial charge in [-0.1, -0.05) is 21.1 Å². The molecule has 0 saturated carbocycles. The van der Waals surface area contributed by atoms with Crippen LogP contribution in [0.4, 0.5) is 0 Å². The van der Waals surface area contributed by atoms with Crippen molar-refractivity contribution >= 4 is 21.8 Å². The maximum atomic E-state index is 12.6. The van der Waals surface area contributed by atoms with Gasteiger partial charge < -0.3 is 19.3 Å². The number of amides is 1. The Hall–Kier alpha value is -3.66. The van der Waals surface area contributed by atoms with Crippen molar-refractivity contribution in [1.82, 2.24) is 25.2 Å². The molecule has 0 aliphatic rings. The van der Waals surface area contributed by atoms with Crippen LogP contribution in [0, 0.1) is 6.92 Å². The molecule has 0 aliphatic heterocycles. The smallest absolute Gasteiger partial charge is 0.316 e. The van der Waals surface area contributed by atoms with Gasteiger partial charge in [0.15, 0.2) is 0 Å². The second-order valence-electron chi connectivity index (χ2n) is 6.83. The number of benzene rings is 2. The lowest BCUT2D eigenvalue weighted by atomic mass is 10.2. The number of nitrogens with zero attached hydrogens (tertiary/aromatic N) is 4. The van der Waals surface area contributed by atoms with Crippen LogP contribution in [0.2, 0.25) is 0 Å². The number of halogens is 1. The third-order valence-corrected chi connectivity index (χ3v) is 5.31. The van der Waals surface area contributed by atoms with Crippen LogP contribution in [0.15, 0.2) is 57.7 Å². The van der Waals surface area contributed by atoms with Gasteiger partial charge in [-0.05, 0) is 49.4 Å². The molecule has 0 aliphatic carbocycles. The molecule has 2 aromatic heterocycles. The predicted molar refractivity (Wildman–Crippen MR) is 120 cm³/mol.